The number of benzene rings is 1. The zero-order valence-electron chi connectivity index (χ0n) is 13.1. The Morgan fingerprint density at radius 1 is 1.36 bits per heavy atom. The molecular formula is C18H21N2O2. The number of fused-ring (bicyclic) bond motifs is 1. The van der Waals surface area contributed by atoms with Crippen molar-refractivity contribution in [2.75, 3.05) is 6.54 Å². The minimum Gasteiger partial charge on any atom is -0.348 e. The summed E-state index contributed by atoms with van der Waals surface area (Å²) < 4.78 is 2.14. The van der Waals surface area contributed by atoms with Gasteiger partial charge in [0.15, 0.2) is 0 Å². The number of likely N-dealkylation sites (tertiary alicyclic amines) is 1. The van der Waals surface area contributed by atoms with Crippen LogP contribution in [0.15, 0.2) is 24.3 Å². The molecule has 1 aliphatic rings. The Morgan fingerprint density at radius 2 is 2.18 bits per heavy atom. The van der Waals surface area contributed by atoms with E-state index < -0.39 is 0 Å². The minimum absolute atomic E-state index is 0.186. The fourth-order valence-electron chi connectivity index (χ4n) is 3.56. The highest BCUT2D eigenvalue weighted by Crippen LogP contribution is 2.25. The first-order chi connectivity index (χ1) is 10.6. The van der Waals surface area contributed by atoms with E-state index in [-0.39, 0.29) is 5.91 Å². The number of aromatic nitrogens is 1. The van der Waals surface area contributed by atoms with Gasteiger partial charge in [0, 0.05) is 43.3 Å². The first kappa shape index (κ1) is 14.8. The second-order valence-corrected chi connectivity index (χ2v) is 6.12. The lowest BCUT2D eigenvalue weighted by molar-refractivity contribution is -0.129. The van der Waals surface area contributed by atoms with Crippen LogP contribution in [0.2, 0.25) is 0 Å². The van der Waals surface area contributed by atoms with E-state index in [1.807, 2.05) is 30.4 Å². The van der Waals surface area contributed by atoms with Gasteiger partial charge in [-0.15, -0.1) is 0 Å². The van der Waals surface area contributed by atoms with Gasteiger partial charge in [-0.2, -0.15) is 0 Å². The number of carbonyl (C=O) groups is 1. The summed E-state index contributed by atoms with van der Waals surface area (Å²) in [5, 5.41) is 1.14. The van der Waals surface area contributed by atoms with Crippen LogP contribution in [0.3, 0.4) is 0 Å². The molecule has 22 heavy (non-hydrogen) atoms. The smallest absolute Gasteiger partial charge is 0.233 e. The summed E-state index contributed by atoms with van der Waals surface area (Å²) in [6, 6.07) is 8.19. The van der Waals surface area contributed by atoms with E-state index in [4.69, 9.17) is 0 Å². The Morgan fingerprint density at radius 3 is 2.91 bits per heavy atom. The van der Waals surface area contributed by atoms with Crippen LogP contribution in [0.1, 0.15) is 37.4 Å². The summed E-state index contributed by atoms with van der Waals surface area (Å²) in [6.07, 6.45) is 6.10. The normalized spacial score (nSPS) is 18.1. The maximum Gasteiger partial charge on any atom is 0.233 e. The fourth-order valence-corrected chi connectivity index (χ4v) is 3.56. The van der Waals surface area contributed by atoms with Gasteiger partial charge >= 0.3 is 0 Å². The summed E-state index contributed by atoms with van der Waals surface area (Å²) in [6.45, 7) is 2.56. The zero-order valence-corrected chi connectivity index (χ0v) is 13.1. The maximum atomic E-state index is 11.6. The third-order valence-corrected chi connectivity index (χ3v) is 4.78. The summed E-state index contributed by atoms with van der Waals surface area (Å²) in [5.74, 6) is 0.186. The van der Waals surface area contributed by atoms with Crippen LogP contribution in [-0.2, 0) is 23.1 Å². The number of nitrogens with zero attached hydrogens (tertiary/aromatic N) is 2. The van der Waals surface area contributed by atoms with E-state index >= 15 is 0 Å². The Balaban J connectivity index is 1.78. The van der Waals surface area contributed by atoms with Gasteiger partial charge in [-0.1, -0.05) is 12.1 Å². The average Bonchev–Trinajstić information content (AvgIpc) is 3.10. The van der Waals surface area contributed by atoms with Crippen molar-refractivity contribution in [3.63, 3.8) is 0 Å². The molecule has 1 aliphatic heterocycles. The highest BCUT2D eigenvalue weighted by Gasteiger charge is 2.26. The molecule has 4 nitrogen and oxygen atoms in total. The quantitative estimate of drug-likeness (QED) is 0.870. The SMILES string of the molecule is CC(=O)N1CCC[C@H]1CCc1cc2ccc([C]=O)cc2n1C. The number of aryl methyl sites for hydroxylation is 2. The van der Waals surface area contributed by atoms with Gasteiger partial charge in [0.1, 0.15) is 0 Å². The van der Waals surface area contributed by atoms with Crippen LogP contribution in [0.5, 0.6) is 0 Å². The van der Waals surface area contributed by atoms with Gasteiger partial charge in [0.05, 0.1) is 0 Å². The van der Waals surface area contributed by atoms with Crippen molar-refractivity contribution in [3.05, 3.63) is 35.5 Å². The molecule has 0 aliphatic carbocycles. The monoisotopic (exact) mass is 297 g/mol. The van der Waals surface area contributed by atoms with E-state index in [0.717, 1.165) is 43.1 Å². The minimum atomic E-state index is 0.186. The van der Waals surface area contributed by atoms with Crippen LogP contribution in [0, 0.1) is 0 Å². The van der Waals surface area contributed by atoms with Gasteiger partial charge in [0.25, 0.3) is 0 Å². The van der Waals surface area contributed by atoms with Crippen molar-refractivity contribution in [3.8, 4) is 0 Å². The third-order valence-electron chi connectivity index (χ3n) is 4.78. The molecular weight excluding hydrogens is 276 g/mol. The van der Waals surface area contributed by atoms with E-state index in [0.29, 0.717) is 11.6 Å². The van der Waals surface area contributed by atoms with Crippen molar-refractivity contribution in [1.82, 2.24) is 9.47 Å². The topological polar surface area (TPSA) is 42.3 Å². The highest BCUT2D eigenvalue weighted by molar-refractivity contribution is 5.88. The van der Waals surface area contributed by atoms with E-state index in [1.54, 1.807) is 13.0 Å². The van der Waals surface area contributed by atoms with Crippen molar-refractivity contribution in [2.24, 2.45) is 7.05 Å². The Bertz CT molecular complexity index is 717. The summed E-state index contributed by atoms with van der Waals surface area (Å²) in [5.41, 5.74) is 2.89. The molecule has 0 saturated carbocycles. The summed E-state index contributed by atoms with van der Waals surface area (Å²) in [7, 11) is 2.03. The average molecular weight is 297 g/mol. The molecule has 2 aromatic rings. The van der Waals surface area contributed by atoms with Crippen molar-refractivity contribution in [2.45, 2.75) is 38.6 Å². The molecule has 1 aromatic carbocycles. The Kier molecular flexibility index (Phi) is 4.01. The standard InChI is InChI=1S/C18H21N2O2/c1-13(22)20-9-3-4-16(20)7-8-17-11-15-6-5-14(12-21)10-18(15)19(17)2/h5-6,10-11,16H,3-4,7-9H2,1-2H3/t16-/m0/s1. The molecule has 2 heterocycles. The Labute approximate surface area is 130 Å². The lowest BCUT2D eigenvalue weighted by atomic mass is 10.1. The molecule has 1 aromatic heterocycles. The van der Waals surface area contributed by atoms with Crippen LogP contribution in [0.4, 0.5) is 0 Å². The molecule has 1 fully saturated rings. The van der Waals surface area contributed by atoms with Crippen molar-refractivity contribution >= 4 is 23.1 Å². The summed E-state index contributed by atoms with van der Waals surface area (Å²) >= 11 is 0. The van der Waals surface area contributed by atoms with Crippen LogP contribution >= 0.6 is 0 Å². The first-order valence-electron chi connectivity index (χ1n) is 7.84. The van der Waals surface area contributed by atoms with Gasteiger partial charge in [0.2, 0.25) is 12.2 Å². The van der Waals surface area contributed by atoms with Gasteiger partial charge < -0.3 is 9.47 Å². The molecule has 1 amide bonds. The van der Waals surface area contributed by atoms with Crippen LogP contribution < -0.4 is 0 Å². The lowest BCUT2D eigenvalue weighted by Gasteiger charge is -2.23. The third kappa shape index (κ3) is 2.65. The molecule has 1 atom stereocenters. The molecule has 1 saturated heterocycles. The number of amides is 1. The van der Waals surface area contributed by atoms with Crippen LogP contribution in [0.25, 0.3) is 10.9 Å². The Hall–Kier alpha value is -2.10. The number of hydrogen-bond donors (Lipinski definition) is 0. The molecule has 1 radical (unpaired) electrons. The molecule has 4 heteroatoms. The molecule has 115 valence electrons. The molecule has 0 N–H and O–H groups in total. The van der Waals surface area contributed by atoms with E-state index in [9.17, 15) is 9.59 Å². The highest BCUT2D eigenvalue weighted by atomic mass is 16.2. The van der Waals surface area contributed by atoms with Crippen molar-refractivity contribution in [1.29, 1.82) is 0 Å². The largest absolute Gasteiger partial charge is 0.348 e. The van der Waals surface area contributed by atoms with E-state index in [1.165, 1.54) is 5.69 Å². The molecule has 3 rings (SSSR count). The predicted molar refractivity (Wildman–Crippen MR) is 86.4 cm³/mol. The first-order valence-corrected chi connectivity index (χ1v) is 7.84. The lowest BCUT2D eigenvalue weighted by Crippen LogP contribution is -2.33. The number of carbonyl (C=O) groups excluding carboxylic acids is 2. The second kappa shape index (κ2) is 5.95. The second-order valence-electron chi connectivity index (χ2n) is 6.12. The maximum absolute atomic E-state index is 11.6. The zero-order chi connectivity index (χ0) is 15.7. The molecule has 0 bridgehead atoms. The van der Waals surface area contributed by atoms with Crippen LogP contribution in [-0.4, -0.2) is 34.2 Å². The van der Waals surface area contributed by atoms with Gasteiger partial charge in [-0.25, -0.2) is 0 Å². The molecule has 0 unspecified atom stereocenters. The number of rotatable bonds is 4. The van der Waals surface area contributed by atoms with Crippen molar-refractivity contribution < 1.29 is 9.59 Å². The van der Waals surface area contributed by atoms with Gasteiger partial charge in [-0.3, -0.25) is 9.59 Å². The van der Waals surface area contributed by atoms with E-state index in [2.05, 4.69) is 10.6 Å². The predicted octanol–water partition coefficient (Wildman–Crippen LogP) is 2.58. The number of hydrogen-bond acceptors (Lipinski definition) is 2. The summed E-state index contributed by atoms with van der Waals surface area (Å²) in [4.78, 5) is 24.4. The van der Waals surface area contributed by atoms with Gasteiger partial charge in [-0.05, 0) is 43.2 Å². The molecule has 0 spiro atoms. The fraction of sp³-hybridized carbons (Fsp3) is 0.444.